The van der Waals surface area contributed by atoms with Crippen molar-refractivity contribution in [2.45, 2.75) is 64.5 Å². The quantitative estimate of drug-likeness (QED) is 0.740. The van der Waals surface area contributed by atoms with Gasteiger partial charge in [-0.1, -0.05) is 24.6 Å². The van der Waals surface area contributed by atoms with Gasteiger partial charge in [-0.05, 0) is 63.4 Å². The Labute approximate surface area is 150 Å². The fourth-order valence-electron chi connectivity index (χ4n) is 4.85. The fraction of sp³-hybridized carbons (Fsp3) is 0.667. The lowest BCUT2D eigenvalue weighted by Gasteiger charge is -2.26. The predicted octanol–water partition coefficient (Wildman–Crippen LogP) is 4.72. The van der Waals surface area contributed by atoms with Gasteiger partial charge in [0.05, 0.1) is 13.1 Å². The van der Waals surface area contributed by atoms with Crippen molar-refractivity contribution in [2.24, 2.45) is 11.8 Å². The van der Waals surface area contributed by atoms with Gasteiger partial charge in [-0.15, -0.1) is 0 Å². The highest BCUT2D eigenvalue weighted by atomic mass is 16.6. The van der Waals surface area contributed by atoms with Crippen LogP contribution in [0.1, 0.15) is 63.5 Å². The summed E-state index contributed by atoms with van der Waals surface area (Å²) >= 11 is 0. The van der Waals surface area contributed by atoms with Gasteiger partial charge in [-0.3, -0.25) is 0 Å². The van der Waals surface area contributed by atoms with Gasteiger partial charge in [0.2, 0.25) is 0 Å². The molecule has 2 bridgehead atoms. The van der Waals surface area contributed by atoms with Crippen LogP contribution in [0.5, 0.6) is 5.75 Å². The van der Waals surface area contributed by atoms with Crippen LogP contribution >= 0.6 is 0 Å². The molecule has 136 valence electrons. The average Bonchev–Trinajstić information content (AvgIpc) is 3.09. The van der Waals surface area contributed by atoms with Crippen LogP contribution in [0.2, 0.25) is 0 Å². The molecular weight excluding hydrogens is 314 g/mol. The molecule has 25 heavy (non-hydrogen) atoms. The Morgan fingerprint density at radius 2 is 2.08 bits per heavy atom. The van der Waals surface area contributed by atoms with E-state index in [1.165, 1.54) is 31.2 Å². The van der Waals surface area contributed by atoms with Gasteiger partial charge in [0.1, 0.15) is 18.0 Å². The lowest BCUT2D eigenvalue weighted by atomic mass is 9.82. The molecule has 3 aliphatic rings. The Balaban J connectivity index is 1.57. The Bertz CT molecular complexity index is 664. The molecule has 3 atom stereocenters. The van der Waals surface area contributed by atoms with Gasteiger partial charge in [0.25, 0.3) is 0 Å². The van der Waals surface area contributed by atoms with Crippen LogP contribution in [0, 0.1) is 11.8 Å². The van der Waals surface area contributed by atoms with E-state index in [0.29, 0.717) is 25.6 Å². The molecule has 1 heterocycles. The number of fused-ring (bicyclic) bond motifs is 3. The van der Waals surface area contributed by atoms with Crippen molar-refractivity contribution in [1.29, 1.82) is 0 Å². The van der Waals surface area contributed by atoms with Gasteiger partial charge in [-0.2, -0.15) is 0 Å². The minimum Gasteiger partial charge on any atom is -0.491 e. The minimum absolute atomic E-state index is 0.255. The van der Waals surface area contributed by atoms with Gasteiger partial charge >= 0.3 is 6.09 Å². The summed E-state index contributed by atoms with van der Waals surface area (Å²) in [5.41, 5.74) is 2.01. The number of rotatable bonds is 1. The van der Waals surface area contributed by atoms with Crippen LogP contribution < -0.4 is 4.74 Å². The summed E-state index contributed by atoms with van der Waals surface area (Å²) in [5.74, 6) is 3.41. The highest BCUT2D eigenvalue weighted by Crippen LogP contribution is 2.54. The van der Waals surface area contributed by atoms with E-state index in [2.05, 4.69) is 18.2 Å². The topological polar surface area (TPSA) is 38.8 Å². The molecule has 0 aromatic heterocycles. The molecule has 0 spiro atoms. The molecule has 4 heteroatoms. The van der Waals surface area contributed by atoms with E-state index >= 15 is 0 Å². The van der Waals surface area contributed by atoms with Gasteiger partial charge in [0.15, 0.2) is 0 Å². The molecule has 0 saturated heterocycles. The third-order valence-corrected chi connectivity index (χ3v) is 5.89. The third-order valence-electron chi connectivity index (χ3n) is 5.89. The first kappa shape index (κ1) is 16.7. The summed E-state index contributed by atoms with van der Waals surface area (Å²) in [6.07, 6.45) is 5.21. The highest BCUT2D eigenvalue weighted by molar-refractivity contribution is 5.68. The Hall–Kier alpha value is -1.71. The van der Waals surface area contributed by atoms with Gasteiger partial charge in [0, 0.05) is 5.56 Å². The number of hydrogen-bond donors (Lipinski definition) is 0. The normalized spacial score (nSPS) is 28.3. The number of para-hydroxylation sites is 1. The van der Waals surface area contributed by atoms with Crippen molar-refractivity contribution in [2.75, 3.05) is 13.2 Å². The van der Waals surface area contributed by atoms with E-state index in [1.807, 2.05) is 20.8 Å². The Morgan fingerprint density at radius 3 is 2.76 bits per heavy atom. The number of carbonyl (C=O) groups is 1. The van der Waals surface area contributed by atoms with Gasteiger partial charge < -0.3 is 14.4 Å². The number of hydrogen-bond acceptors (Lipinski definition) is 3. The van der Waals surface area contributed by atoms with Crippen LogP contribution in [0.3, 0.4) is 0 Å². The van der Waals surface area contributed by atoms with E-state index in [-0.39, 0.29) is 6.09 Å². The van der Waals surface area contributed by atoms with E-state index in [4.69, 9.17) is 9.47 Å². The first-order valence-corrected chi connectivity index (χ1v) is 9.63. The molecule has 2 fully saturated rings. The molecule has 1 amide bonds. The third kappa shape index (κ3) is 3.36. The number of ether oxygens (including phenoxy) is 2. The van der Waals surface area contributed by atoms with Crippen molar-refractivity contribution >= 4 is 6.09 Å². The first-order valence-electron chi connectivity index (χ1n) is 9.63. The Kier molecular flexibility index (Phi) is 4.17. The smallest absolute Gasteiger partial charge is 0.410 e. The van der Waals surface area contributed by atoms with Crippen LogP contribution in [0.4, 0.5) is 4.79 Å². The van der Waals surface area contributed by atoms with Crippen molar-refractivity contribution in [3.8, 4) is 5.75 Å². The summed E-state index contributed by atoms with van der Waals surface area (Å²) < 4.78 is 11.7. The van der Waals surface area contributed by atoms with Crippen molar-refractivity contribution in [3.63, 3.8) is 0 Å². The second kappa shape index (κ2) is 6.22. The summed E-state index contributed by atoms with van der Waals surface area (Å²) in [5, 5.41) is 0. The lowest BCUT2D eigenvalue weighted by molar-refractivity contribution is 0.0225. The number of nitrogens with zero attached hydrogens (tertiary/aromatic N) is 1. The highest BCUT2D eigenvalue weighted by Gasteiger charge is 2.41. The standard InChI is InChI=1S/C21H29NO3/c1-21(2,3)25-20(23)22-9-10-24-19-16(13-22)5-4-6-17(19)18-12-14-7-8-15(18)11-14/h4-6,14-15,18H,7-13H2,1-3H3. The molecule has 0 N–H and O–H groups in total. The summed E-state index contributed by atoms with van der Waals surface area (Å²) in [7, 11) is 0. The lowest BCUT2D eigenvalue weighted by Crippen LogP contribution is -2.37. The zero-order valence-corrected chi connectivity index (χ0v) is 15.6. The average molecular weight is 343 g/mol. The van der Waals surface area contributed by atoms with Crippen LogP contribution in [-0.4, -0.2) is 29.7 Å². The zero-order chi connectivity index (χ0) is 17.6. The maximum Gasteiger partial charge on any atom is 0.410 e. The molecular formula is C21H29NO3. The van der Waals surface area contributed by atoms with E-state index in [0.717, 1.165) is 23.1 Å². The molecule has 4 rings (SSSR count). The summed E-state index contributed by atoms with van der Waals surface area (Å²) in [4.78, 5) is 14.2. The first-order chi connectivity index (χ1) is 11.9. The van der Waals surface area contributed by atoms with Crippen LogP contribution in [0.15, 0.2) is 18.2 Å². The number of amides is 1. The molecule has 1 aromatic rings. The van der Waals surface area contributed by atoms with E-state index in [9.17, 15) is 4.79 Å². The summed E-state index contributed by atoms with van der Waals surface area (Å²) in [6, 6.07) is 6.46. The molecule has 0 radical (unpaired) electrons. The second-order valence-electron chi connectivity index (χ2n) is 8.87. The Morgan fingerprint density at radius 1 is 1.24 bits per heavy atom. The molecule has 1 aromatic carbocycles. The fourth-order valence-corrected chi connectivity index (χ4v) is 4.85. The number of carbonyl (C=O) groups excluding carboxylic acids is 1. The minimum atomic E-state index is -0.474. The zero-order valence-electron chi connectivity index (χ0n) is 15.6. The maximum absolute atomic E-state index is 12.5. The van der Waals surface area contributed by atoms with Crippen molar-refractivity contribution in [1.82, 2.24) is 4.90 Å². The molecule has 1 aliphatic heterocycles. The van der Waals surface area contributed by atoms with Crippen LogP contribution in [0.25, 0.3) is 0 Å². The van der Waals surface area contributed by atoms with E-state index in [1.54, 1.807) is 4.90 Å². The van der Waals surface area contributed by atoms with Crippen molar-refractivity contribution in [3.05, 3.63) is 29.3 Å². The summed E-state index contributed by atoms with van der Waals surface area (Å²) in [6.45, 7) is 7.38. The largest absolute Gasteiger partial charge is 0.491 e. The monoisotopic (exact) mass is 343 g/mol. The molecule has 2 aliphatic carbocycles. The van der Waals surface area contributed by atoms with E-state index < -0.39 is 5.60 Å². The SMILES string of the molecule is CC(C)(C)OC(=O)N1CCOc2c(cccc2C2CC3CCC2C3)C1. The second-order valence-corrected chi connectivity index (χ2v) is 8.87. The van der Waals surface area contributed by atoms with Crippen LogP contribution in [-0.2, 0) is 11.3 Å². The number of benzene rings is 1. The molecule has 4 nitrogen and oxygen atoms in total. The predicted molar refractivity (Wildman–Crippen MR) is 96.8 cm³/mol. The van der Waals surface area contributed by atoms with Crippen molar-refractivity contribution < 1.29 is 14.3 Å². The van der Waals surface area contributed by atoms with Gasteiger partial charge in [-0.25, -0.2) is 4.79 Å². The molecule has 2 saturated carbocycles. The maximum atomic E-state index is 12.5. The molecule has 3 unspecified atom stereocenters.